The Bertz CT molecular complexity index is 2210. The zero-order valence-electron chi connectivity index (χ0n) is 27.6. The van der Waals surface area contributed by atoms with E-state index in [-0.39, 0.29) is 17.3 Å². The molecular weight excluding hydrogens is 675 g/mol. The molecule has 4 heterocycles. The largest absolute Gasteiger partial charge is 0.491 e. The summed E-state index contributed by atoms with van der Waals surface area (Å²) < 4.78 is 73.2. The number of aryl methyl sites for hydroxylation is 2. The molecule has 1 atom stereocenters. The molecule has 0 amide bonds. The summed E-state index contributed by atoms with van der Waals surface area (Å²) >= 11 is 6.04. The van der Waals surface area contributed by atoms with Crippen LogP contribution in [0.4, 0.5) is 13.2 Å². The van der Waals surface area contributed by atoms with Gasteiger partial charge in [0.2, 0.25) is 0 Å². The third-order valence-electron chi connectivity index (χ3n) is 7.77. The standard InChI is InChI=1S/C22H26F3N3O.C14H11ClN2O2S/c1-13(2)11-21(4,26)12-29-19-6-5-15(10-18(19)22(23,24)25)16-7-8-27-20-17(16)9-14(3)28-20;1-10-2-4-11(5-3-10)20(18,19)17-9-7-12-13(15)6-8-16-14(12)17/h5-10,13H,11-12,26H2,1-4H3,(H,27,28);2-9H,1H3/t21-;/m0./s1. The van der Waals surface area contributed by atoms with Crippen LogP contribution in [0.1, 0.15) is 44.0 Å². The van der Waals surface area contributed by atoms with Crippen LogP contribution in [-0.2, 0) is 16.2 Å². The van der Waals surface area contributed by atoms with Crippen LogP contribution in [-0.4, -0.2) is 39.5 Å². The van der Waals surface area contributed by atoms with Crippen LogP contribution in [0.25, 0.3) is 33.2 Å². The molecule has 0 radical (unpaired) electrons. The number of H-pyrrole nitrogens is 1. The first-order valence-electron chi connectivity index (χ1n) is 15.5. The second-order valence-corrected chi connectivity index (χ2v) is 15.0. The number of hydrogen-bond acceptors (Lipinski definition) is 6. The molecule has 0 unspecified atom stereocenters. The van der Waals surface area contributed by atoms with Crippen molar-refractivity contribution in [2.24, 2.45) is 11.7 Å². The summed E-state index contributed by atoms with van der Waals surface area (Å²) in [4.78, 5) is 11.7. The van der Waals surface area contributed by atoms with Crippen LogP contribution in [0.15, 0.2) is 90.2 Å². The Morgan fingerprint density at radius 3 is 2.33 bits per heavy atom. The van der Waals surface area contributed by atoms with Gasteiger partial charge in [0.15, 0.2) is 5.65 Å². The van der Waals surface area contributed by atoms with E-state index in [2.05, 4.69) is 15.0 Å². The lowest BCUT2D eigenvalue weighted by molar-refractivity contribution is -0.139. The molecule has 258 valence electrons. The molecule has 3 N–H and O–H groups in total. The van der Waals surface area contributed by atoms with E-state index in [1.165, 1.54) is 18.5 Å². The molecule has 0 bridgehead atoms. The van der Waals surface area contributed by atoms with E-state index >= 15 is 0 Å². The van der Waals surface area contributed by atoms with Crippen LogP contribution in [0.2, 0.25) is 5.02 Å². The summed E-state index contributed by atoms with van der Waals surface area (Å²) in [6.07, 6.45) is 0.643. The van der Waals surface area contributed by atoms with Gasteiger partial charge < -0.3 is 15.5 Å². The van der Waals surface area contributed by atoms with Crippen LogP contribution in [0.3, 0.4) is 0 Å². The normalized spacial score (nSPS) is 13.4. The number of halogens is 4. The molecule has 6 rings (SSSR count). The predicted molar refractivity (Wildman–Crippen MR) is 187 cm³/mol. The van der Waals surface area contributed by atoms with Crippen molar-refractivity contribution in [3.05, 3.63) is 107 Å². The second kappa shape index (κ2) is 13.9. The lowest BCUT2D eigenvalue weighted by Gasteiger charge is -2.27. The highest BCUT2D eigenvalue weighted by molar-refractivity contribution is 7.90. The minimum absolute atomic E-state index is 0.00408. The zero-order valence-corrected chi connectivity index (χ0v) is 29.2. The maximum absolute atomic E-state index is 13.8. The Hall–Kier alpha value is -4.39. The number of ether oxygens (including phenoxy) is 1. The van der Waals surface area contributed by atoms with Crippen LogP contribution >= 0.6 is 11.6 Å². The van der Waals surface area contributed by atoms with Crippen molar-refractivity contribution >= 4 is 43.7 Å². The molecule has 0 saturated carbocycles. The molecule has 6 aromatic rings. The molecule has 0 aliphatic rings. The first kappa shape index (κ1) is 35.9. The molecular formula is C36H37ClF3N5O3S. The summed E-state index contributed by atoms with van der Waals surface area (Å²) in [6, 6.07) is 17.7. The van der Waals surface area contributed by atoms with Crippen molar-refractivity contribution in [1.29, 1.82) is 0 Å². The van der Waals surface area contributed by atoms with Gasteiger partial charge in [-0.3, -0.25) is 0 Å². The van der Waals surface area contributed by atoms with E-state index in [0.29, 0.717) is 45.2 Å². The van der Waals surface area contributed by atoms with Gasteiger partial charge in [-0.1, -0.05) is 49.2 Å². The van der Waals surface area contributed by atoms with Gasteiger partial charge in [-0.05, 0) is 92.8 Å². The number of fused-ring (bicyclic) bond motifs is 2. The van der Waals surface area contributed by atoms with E-state index in [0.717, 1.165) is 26.7 Å². The van der Waals surface area contributed by atoms with Crippen molar-refractivity contribution < 1.29 is 26.3 Å². The van der Waals surface area contributed by atoms with E-state index in [1.807, 2.05) is 33.8 Å². The minimum atomic E-state index is -4.55. The summed E-state index contributed by atoms with van der Waals surface area (Å²) in [7, 11) is -3.66. The maximum atomic E-state index is 13.8. The molecule has 49 heavy (non-hydrogen) atoms. The Morgan fingerprint density at radius 1 is 0.959 bits per heavy atom. The van der Waals surface area contributed by atoms with E-state index in [9.17, 15) is 21.6 Å². The molecule has 4 aromatic heterocycles. The van der Waals surface area contributed by atoms with Crippen molar-refractivity contribution in [3.63, 3.8) is 0 Å². The zero-order chi connectivity index (χ0) is 35.7. The fraction of sp³-hybridized carbons (Fsp3) is 0.278. The summed E-state index contributed by atoms with van der Waals surface area (Å²) in [6.45, 7) is 9.60. The average Bonchev–Trinajstić information content (AvgIpc) is 3.64. The SMILES string of the molecule is Cc1cc2c(-c3ccc(OC[C@@](C)(N)CC(C)C)c(C(F)(F)F)c3)ccnc2[nH]1.Cc1ccc(S(=O)(=O)n2ccc3c(Cl)ccnc32)cc1. The van der Waals surface area contributed by atoms with Gasteiger partial charge >= 0.3 is 6.18 Å². The van der Waals surface area contributed by atoms with Crippen molar-refractivity contribution in [2.75, 3.05) is 6.61 Å². The second-order valence-electron chi connectivity index (χ2n) is 12.8. The lowest BCUT2D eigenvalue weighted by atomic mass is 9.93. The summed E-state index contributed by atoms with van der Waals surface area (Å²) in [5.74, 6) is 0.106. The molecule has 0 spiro atoms. The number of hydrogen-bond donors (Lipinski definition) is 2. The van der Waals surface area contributed by atoms with Gasteiger partial charge in [0.05, 0.1) is 15.5 Å². The van der Waals surface area contributed by atoms with Crippen molar-refractivity contribution in [3.8, 4) is 16.9 Å². The first-order valence-corrected chi connectivity index (χ1v) is 17.3. The predicted octanol–water partition coefficient (Wildman–Crippen LogP) is 8.93. The first-order chi connectivity index (χ1) is 23.0. The number of aromatic amines is 1. The molecule has 0 saturated heterocycles. The van der Waals surface area contributed by atoms with E-state index in [1.54, 1.807) is 61.7 Å². The monoisotopic (exact) mass is 711 g/mol. The minimum Gasteiger partial charge on any atom is -0.491 e. The number of alkyl halides is 3. The molecule has 0 aliphatic carbocycles. The fourth-order valence-corrected chi connectivity index (χ4v) is 7.19. The number of aromatic nitrogens is 4. The number of rotatable bonds is 8. The summed E-state index contributed by atoms with van der Waals surface area (Å²) in [5.41, 5.74) is 8.67. The van der Waals surface area contributed by atoms with E-state index in [4.69, 9.17) is 22.1 Å². The highest BCUT2D eigenvalue weighted by Crippen LogP contribution is 2.40. The molecule has 13 heteroatoms. The van der Waals surface area contributed by atoms with Gasteiger partial charge in [-0.2, -0.15) is 13.2 Å². The average molecular weight is 712 g/mol. The fourth-order valence-electron chi connectivity index (χ4n) is 5.69. The highest BCUT2D eigenvalue weighted by atomic mass is 35.5. The van der Waals surface area contributed by atoms with Gasteiger partial charge in [0, 0.05) is 40.6 Å². The van der Waals surface area contributed by atoms with Gasteiger partial charge in [0.1, 0.15) is 18.0 Å². The quantitative estimate of drug-likeness (QED) is 0.163. The smallest absolute Gasteiger partial charge is 0.419 e. The number of benzene rings is 2. The molecule has 2 aromatic carbocycles. The number of nitrogens with two attached hydrogens (primary N) is 1. The lowest BCUT2D eigenvalue weighted by Crippen LogP contribution is -2.43. The third-order valence-corrected chi connectivity index (χ3v) is 9.78. The highest BCUT2D eigenvalue weighted by Gasteiger charge is 2.35. The van der Waals surface area contributed by atoms with Crippen LogP contribution < -0.4 is 10.5 Å². The Balaban J connectivity index is 0.000000204. The summed E-state index contributed by atoms with van der Waals surface area (Å²) in [5, 5.41) is 1.87. The van der Waals surface area contributed by atoms with Gasteiger partial charge in [0.25, 0.3) is 10.0 Å². The van der Waals surface area contributed by atoms with Crippen molar-refractivity contribution in [1.82, 2.24) is 18.9 Å². The van der Waals surface area contributed by atoms with Crippen molar-refractivity contribution in [2.45, 2.75) is 57.7 Å². The van der Waals surface area contributed by atoms with Gasteiger partial charge in [-0.15, -0.1) is 0 Å². The number of pyridine rings is 2. The number of nitrogens with zero attached hydrogens (tertiary/aromatic N) is 3. The van der Waals surface area contributed by atoms with Crippen LogP contribution in [0.5, 0.6) is 5.75 Å². The van der Waals surface area contributed by atoms with Crippen LogP contribution in [0, 0.1) is 19.8 Å². The molecule has 0 fully saturated rings. The topological polar surface area (TPSA) is 116 Å². The Kier molecular flexibility index (Phi) is 10.1. The Labute approximate surface area is 288 Å². The van der Waals surface area contributed by atoms with E-state index < -0.39 is 27.3 Å². The number of nitrogens with one attached hydrogen (secondary N) is 1. The molecule has 0 aliphatic heterocycles. The third kappa shape index (κ3) is 8.09. The van der Waals surface area contributed by atoms with Gasteiger partial charge in [-0.25, -0.2) is 22.4 Å². The Morgan fingerprint density at radius 2 is 1.65 bits per heavy atom. The molecule has 8 nitrogen and oxygen atoms in total. The maximum Gasteiger partial charge on any atom is 0.419 e.